The van der Waals surface area contributed by atoms with Gasteiger partial charge in [0.1, 0.15) is 6.26 Å². The van der Waals surface area contributed by atoms with Crippen LogP contribution >= 0.6 is 0 Å². The fraction of sp³-hybridized carbons (Fsp3) is 0.364. The summed E-state index contributed by atoms with van der Waals surface area (Å²) in [6, 6.07) is 0.919. The molecule has 10 heteroatoms. The van der Waals surface area contributed by atoms with Crippen molar-refractivity contribution in [3.63, 3.8) is 0 Å². The Morgan fingerprint density at radius 1 is 1.43 bits per heavy atom. The monoisotopic (exact) mass is 315 g/mol. The molecular formula is C11H13N3O6S. The van der Waals surface area contributed by atoms with Gasteiger partial charge in [0.05, 0.1) is 11.1 Å². The molecule has 0 aliphatic rings. The van der Waals surface area contributed by atoms with Crippen LogP contribution in [-0.2, 0) is 15.6 Å². The number of carbonyl (C=O) groups is 1. The third-order valence-corrected chi connectivity index (χ3v) is 4.09. The van der Waals surface area contributed by atoms with Crippen molar-refractivity contribution in [1.29, 1.82) is 0 Å². The van der Waals surface area contributed by atoms with Crippen molar-refractivity contribution in [1.82, 2.24) is 14.9 Å². The predicted molar refractivity (Wildman–Crippen MR) is 68.0 cm³/mol. The predicted octanol–water partition coefficient (Wildman–Crippen LogP) is 0.883. The second kappa shape index (κ2) is 4.97. The van der Waals surface area contributed by atoms with Crippen molar-refractivity contribution in [3.05, 3.63) is 29.6 Å². The molecular weight excluding hydrogens is 302 g/mol. The standard InChI is InChI=1S/C11H13N3O6S/c1-6-12-10(13-20-6)11(2,3)14-21(17,18)8-4-7(5-19-8)9(15)16/h4-5,14H,1-3H3,(H,15,16). The molecule has 21 heavy (non-hydrogen) atoms. The Balaban J connectivity index is 2.29. The largest absolute Gasteiger partial charge is 0.478 e. The lowest BCUT2D eigenvalue weighted by Crippen LogP contribution is -2.41. The van der Waals surface area contributed by atoms with Gasteiger partial charge in [-0.25, -0.2) is 13.2 Å². The number of hydrogen-bond acceptors (Lipinski definition) is 7. The first-order valence-electron chi connectivity index (χ1n) is 5.78. The molecule has 0 aliphatic heterocycles. The highest BCUT2D eigenvalue weighted by Crippen LogP contribution is 2.22. The number of nitrogens with zero attached hydrogens (tertiary/aromatic N) is 2. The molecule has 0 spiro atoms. The lowest BCUT2D eigenvalue weighted by molar-refractivity contribution is 0.0696. The van der Waals surface area contributed by atoms with E-state index in [0.29, 0.717) is 5.89 Å². The maximum absolute atomic E-state index is 12.2. The molecule has 2 heterocycles. The maximum atomic E-state index is 12.2. The normalized spacial score (nSPS) is 12.5. The van der Waals surface area contributed by atoms with E-state index in [1.807, 2.05) is 0 Å². The van der Waals surface area contributed by atoms with E-state index in [0.717, 1.165) is 12.3 Å². The van der Waals surface area contributed by atoms with Gasteiger partial charge in [-0.15, -0.1) is 0 Å². The van der Waals surface area contributed by atoms with Crippen LogP contribution in [0.4, 0.5) is 0 Å². The molecule has 0 saturated heterocycles. The number of hydrogen-bond donors (Lipinski definition) is 2. The molecule has 2 aromatic rings. The van der Waals surface area contributed by atoms with E-state index in [4.69, 9.17) is 14.0 Å². The van der Waals surface area contributed by atoms with E-state index in [2.05, 4.69) is 14.9 Å². The molecule has 0 aliphatic carbocycles. The lowest BCUT2D eigenvalue weighted by Gasteiger charge is -2.21. The molecule has 114 valence electrons. The molecule has 9 nitrogen and oxygen atoms in total. The van der Waals surface area contributed by atoms with Crippen LogP contribution in [0.1, 0.15) is 35.9 Å². The Labute approximate surface area is 120 Å². The number of carboxylic acids is 1. The number of rotatable bonds is 5. The topological polar surface area (TPSA) is 136 Å². The number of carboxylic acid groups (broad SMARTS) is 1. The van der Waals surface area contributed by atoms with E-state index in [1.165, 1.54) is 13.8 Å². The summed E-state index contributed by atoms with van der Waals surface area (Å²) in [5, 5.41) is 11.9. The molecule has 0 aromatic carbocycles. The quantitative estimate of drug-likeness (QED) is 0.830. The lowest BCUT2D eigenvalue weighted by atomic mass is 10.1. The summed E-state index contributed by atoms with van der Waals surface area (Å²) in [6.45, 7) is 4.65. The number of nitrogens with one attached hydrogen (secondary N) is 1. The van der Waals surface area contributed by atoms with Crippen LogP contribution in [0.3, 0.4) is 0 Å². The van der Waals surface area contributed by atoms with Crippen molar-refractivity contribution >= 4 is 16.0 Å². The molecule has 2 N–H and O–H groups in total. The molecule has 0 radical (unpaired) electrons. The van der Waals surface area contributed by atoms with Crippen LogP contribution in [0.25, 0.3) is 0 Å². The Morgan fingerprint density at radius 3 is 2.57 bits per heavy atom. The van der Waals surface area contributed by atoms with Crippen molar-refractivity contribution in [3.8, 4) is 0 Å². The van der Waals surface area contributed by atoms with Crippen molar-refractivity contribution < 1.29 is 27.3 Å². The number of aromatic nitrogens is 2. The van der Waals surface area contributed by atoms with Gasteiger partial charge in [-0.1, -0.05) is 5.16 Å². The Morgan fingerprint density at radius 2 is 2.10 bits per heavy atom. The Kier molecular flexibility index (Phi) is 3.59. The van der Waals surface area contributed by atoms with E-state index in [9.17, 15) is 13.2 Å². The zero-order chi connectivity index (χ0) is 15.8. The van der Waals surface area contributed by atoms with Gasteiger partial charge in [-0.05, 0) is 13.8 Å². The highest BCUT2D eigenvalue weighted by molar-refractivity contribution is 7.89. The fourth-order valence-electron chi connectivity index (χ4n) is 1.55. The number of furan rings is 1. The number of aromatic carboxylic acids is 1. The molecule has 0 amide bonds. The zero-order valence-corrected chi connectivity index (χ0v) is 12.3. The summed E-state index contributed by atoms with van der Waals surface area (Å²) < 4.78 is 36.3. The Hall–Kier alpha value is -2.20. The third-order valence-electron chi connectivity index (χ3n) is 2.56. The van der Waals surface area contributed by atoms with Gasteiger partial charge in [0.25, 0.3) is 10.0 Å². The van der Waals surface area contributed by atoms with Crippen LogP contribution in [0.5, 0.6) is 0 Å². The van der Waals surface area contributed by atoms with Gasteiger partial charge >= 0.3 is 5.97 Å². The fourth-order valence-corrected chi connectivity index (χ4v) is 2.88. The molecule has 2 rings (SSSR count). The van der Waals surface area contributed by atoms with Crippen LogP contribution < -0.4 is 4.72 Å². The van der Waals surface area contributed by atoms with Crippen molar-refractivity contribution in [2.24, 2.45) is 0 Å². The van der Waals surface area contributed by atoms with Crippen LogP contribution in [0.15, 0.2) is 26.4 Å². The van der Waals surface area contributed by atoms with Crippen molar-refractivity contribution in [2.75, 3.05) is 0 Å². The second-order valence-corrected chi connectivity index (χ2v) is 6.44. The van der Waals surface area contributed by atoms with Gasteiger partial charge < -0.3 is 14.0 Å². The summed E-state index contributed by atoms with van der Waals surface area (Å²) in [7, 11) is -4.07. The summed E-state index contributed by atoms with van der Waals surface area (Å²) in [4.78, 5) is 14.7. The van der Waals surface area contributed by atoms with E-state index < -0.39 is 26.6 Å². The van der Waals surface area contributed by atoms with Gasteiger partial charge in [-0.3, -0.25) is 0 Å². The summed E-state index contributed by atoms with van der Waals surface area (Å²) in [5.41, 5.74) is -1.42. The number of sulfonamides is 1. The minimum absolute atomic E-state index is 0.147. The first kappa shape index (κ1) is 15.2. The smallest absolute Gasteiger partial charge is 0.339 e. The SMILES string of the molecule is Cc1nc(C(C)(C)NS(=O)(=O)c2cc(C(=O)O)co2)no1. The maximum Gasteiger partial charge on any atom is 0.339 e. The highest BCUT2D eigenvalue weighted by Gasteiger charge is 2.34. The van der Waals surface area contributed by atoms with Gasteiger partial charge in [0.15, 0.2) is 5.82 Å². The van der Waals surface area contributed by atoms with E-state index in [-0.39, 0.29) is 11.4 Å². The van der Waals surface area contributed by atoms with Gasteiger partial charge in [-0.2, -0.15) is 9.71 Å². The summed E-state index contributed by atoms with van der Waals surface area (Å²) >= 11 is 0. The molecule has 0 fully saturated rings. The first-order chi connectivity index (χ1) is 9.62. The average molecular weight is 315 g/mol. The number of aryl methyl sites for hydroxylation is 1. The summed E-state index contributed by atoms with van der Waals surface area (Å²) in [5.74, 6) is -0.842. The highest BCUT2D eigenvalue weighted by atomic mass is 32.2. The zero-order valence-electron chi connectivity index (χ0n) is 11.4. The molecule has 0 unspecified atom stereocenters. The average Bonchev–Trinajstić information content (AvgIpc) is 2.95. The Bertz CT molecular complexity index is 773. The summed E-state index contributed by atoms with van der Waals surface area (Å²) in [6.07, 6.45) is 0.850. The van der Waals surface area contributed by atoms with Crippen LogP contribution in [-0.4, -0.2) is 29.6 Å². The molecule has 0 atom stereocenters. The van der Waals surface area contributed by atoms with Crippen LogP contribution in [0, 0.1) is 6.92 Å². The minimum Gasteiger partial charge on any atom is -0.478 e. The van der Waals surface area contributed by atoms with Gasteiger partial charge in [0.2, 0.25) is 11.0 Å². The van der Waals surface area contributed by atoms with E-state index in [1.54, 1.807) is 6.92 Å². The first-order valence-corrected chi connectivity index (χ1v) is 7.27. The molecule has 0 saturated carbocycles. The molecule has 2 aromatic heterocycles. The van der Waals surface area contributed by atoms with Crippen LogP contribution in [0.2, 0.25) is 0 Å². The van der Waals surface area contributed by atoms with Crippen molar-refractivity contribution in [2.45, 2.75) is 31.4 Å². The third kappa shape index (κ3) is 3.11. The minimum atomic E-state index is -4.07. The molecule has 0 bridgehead atoms. The van der Waals surface area contributed by atoms with E-state index >= 15 is 0 Å². The van der Waals surface area contributed by atoms with Gasteiger partial charge in [0, 0.05) is 13.0 Å². The second-order valence-electron chi connectivity index (χ2n) is 4.83.